The molecule has 0 aromatic heterocycles. The second-order valence-electron chi connectivity index (χ2n) is 14.2. The molecule has 0 aromatic carbocycles. The van der Waals surface area contributed by atoms with Crippen LogP contribution in [0.5, 0.6) is 0 Å². The normalized spacial score (nSPS) is 14.5. The van der Waals surface area contributed by atoms with Gasteiger partial charge in [0.2, 0.25) is 29.5 Å². The summed E-state index contributed by atoms with van der Waals surface area (Å²) < 4.78 is 0. The average molecular weight is 787 g/mol. The maximum atomic E-state index is 12.3. The number of carboxylic acids is 1. The summed E-state index contributed by atoms with van der Waals surface area (Å²) >= 11 is 0. The molecular weight excluding hydrogens is 712 g/mol. The highest BCUT2D eigenvalue weighted by Gasteiger charge is 2.17. The van der Waals surface area contributed by atoms with Crippen molar-refractivity contribution in [3.05, 3.63) is 0 Å². The summed E-state index contributed by atoms with van der Waals surface area (Å²) in [6.07, 6.45) is 10.9. The van der Waals surface area contributed by atoms with Gasteiger partial charge in [-0.2, -0.15) is 0 Å². The average Bonchev–Trinajstić information content (AvgIpc) is 3.16. The number of unbranched alkanes of at least 4 members (excludes halogenated alkanes) is 6. The fourth-order valence-electron chi connectivity index (χ4n) is 5.45. The number of hydrogen-bond acceptors (Lipinski definition) is 13. The topological polar surface area (TPSA) is 365 Å². The van der Waals surface area contributed by atoms with E-state index in [0.29, 0.717) is 142 Å². The van der Waals surface area contributed by atoms with Crippen LogP contribution >= 0.6 is 0 Å². The number of nitrogens with two attached hydrogens (primary N) is 7. The number of rotatable bonds is 35. The van der Waals surface area contributed by atoms with Crippen molar-refractivity contribution in [3.63, 3.8) is 0 Å². The molecule has 0 saturated heterocycles. The van der Waals surface area contributed by atoms with E-state index in [1.807, 2.05) is 0 Å². The monoisotopic (exact) mass is 787 g/mol. The second-order valence-corrected chi connectivity index (χ2v) is 14.2. The first-order valence-corrected chi connectivity index (χ1v) is 20.1. The lowest BCUT2D eigenvalue weighted by Crippen LogP contribution is -2.42. The molecule has 0 heterocycles. The molecule has 0 aliphatic heterocycles. The predicted molar refractivity (Wildman–Crippen MR) is 213 cm³/mol. The number of nitrogens with one attached hydrogen (secondary N) is 5. The van der Waals surface area contributed by atoms with Crippen LogP contribution in [-0.4, -0.2) is 116 Å². The van der Waals surface area contributed by atoms with Crippen LogP contribution in [0.4, 0.5) is 0 Å². The zero-order valence-corrected chi connectivity index (χ0v) is 32.9. The molecule has 19 heteroatoms. The van der Waals surface area contributed by atoms with Crippen molar-refractivity contribution in [2.75, 3.05) is 39.3 Å². The van der Waals surface area contributed by atoms with Gasteiger partial charge in [0.1, 0.15) is 6.04 Å². The number of hydrogen-bond donors (Lipinski definition) is 13. The number of carbonyl (C=O) groups is 6. The Kier molecular flexibility index (Phi) is 30.7. The van der Waals surface area contributed by atoms with Gasteiger partial charge in [-0.05, 0) is 116 Å². The van der Waals surface area contributed by atoms with E-state index in [-0.39, 0.29) is 29.5 Å². The van der Waals surface area contributed by atoms with E-state index in [1.54, 1.807) is 0 Å². The summed E-state index contributed by atoms with van der Waals surface area (Å²) in [6.45, 7) is 2.71. The molecule has 6 atom stereocenters. The zero-order chi connectivity index (χ0) is 41.4. The van der Waals surface area contributed by atoms with E-state index >= 15 is 0 Å². The van der Waals surface area contributed by atoms with Gasteiger partial charge in [-0.1, -0.05) is 6.42 Å². The molecule has 20 N–H and O–H groups in total. The van der Waals surface area contributed by atoms with Crippen LogP contribution in [0, 0.1) is 0 Å². The van der Waals surface area contributed by atoms with Crippen LogP contribution in [0.2, 0.25) is 0 Å². The highest BCUT2D eigenvalue weighted by Crippen LogP contribution is 2.05. The Labute approximate surface area is 326 Å². The summed E-state index contributed by atoms with van der Waals surface area (Å²) in [6, 6.07) is -4.09. The first-order valence-electron chi connectivity index (χ1n) is 20.1. The molecule has 0 fully saturated rings. The molecule has 55 heavy (non-hydrogen) atoms. The first-order chi connectivity index (χ1) is 26.2. The fraction of sp³-hybridized carbons (Fsp3) is 0.833. The molecule has 0 unspecified atom stereocenters. The van der Waals surface area contributed by atoms with Crippen LogP contribution in [0.25, 0.3) is 0 Å². The lowest BCUT2D eigenvalue weighted by atomic mass is 10.1. The minimum Gasteiger partial charge on any atom is -0.480 e. The van der Waals surface area contributed by atoms with Crippen molar-refractivity contribution in [3.8, 4) is 0 Å². The van der Waals surface area contributed by atoms with Crippen molar-refractivity contribution >= 4 is 35.5 Å². The Morgan fingerprint density at radius 2 is 0.545 bits per heavy atom. The highest BCUT2D eigenvalue weighted by atomic mass is 16.4. The van der Waals surface area contributed by atoms with E-state index in [4.69, 9.17) is 45.2 Å². The molecule has 0 aliphatic carbocycles. The minimum absolute atomic E-state index is 0.181. The molecule has 0 aromatic rings. The van der Waals surface area contributed by atoms with Gasteiger partial charge in [-0.3, -0.25) is 28.8 Å². The molecule has 320 valence electrons. The van der Waals surface area contributed by atoms with Gasteiger partial charge >= 0.3 is 5.97 Å². The van der Waals surface area contributed by atoms with E-state index in [0.717, 1.165) is 12.8 Å². The molecule has 0 bridgehead atoms. The molecule has 0 spiro atoms. The molecule has 0 radical (unpaired) electrons. The quantitative estimate of drug-likeness (QED) is 0.0298. The smallest absolute Gasteiger partial charge is 0.320 e. The molecule has 19 nitrogen and oxygen atoms in total. The van der Waals surface area contributed by atoms with Gasteiger partial charge in [-0.15, -0.1) is 0 Å². The van der Waals surface area contributed by atoms with Crippen molar-refractivity contribution in [1.29, 1.82) is 0 Å². The first kappa shape index (κ1) is 51.5. The zero-order valence-electron chi connectivity index (χ0n) is 32.9. The SMILES string of the molecule is NCCCC[C@H](N)C(=O)NCCCC[C@H](N)C(=O)NCCCC[C@H](N)C(=O)NCCCC[C@H](N)C(=O)NCCCC[C@H](N)C(=O)NCCCC[C@H](N)C(=O)O. The van der Waals surface area contributed by atoms with E-state index < -0.39 is 42.2 Å². The largest absolute Gasteiger partial charge is 0.480 e. The lowest BCUT2D eigenvalue weighted by molar-refractivity contribution is -0.138. The van der Waals surface area contributed by atoms with E-state index in [2.05, 4.69) is 26.6 Å². The van der Waals surface area contributed by atoms with Crippen LogP contribution in [-0.2, 0) is 28.8 Å². The van der Waals surface area contributed by atoms with Crippen LogP contribution in [0.1, 0.15) is 116 Å². The molecule has 0 aliphatic rings. The summed E-state index contributed by atoms with van der Waals surface area (Å²) in [7, 11) is 0. The van der Waals surface area contributed by atoms with Crippen LogP contribution in [0.3, 0.4) is 0 Å². The number of aliphatic carboxylic acids is 1. The summed E-state index contributed by atoms with van der Waals surface area (Å²) in [4.78, 5) is 71.7. The summed E-state index contributed by atoms with van der Waals surface area (Å²) in [5.41, 5.74) is 40.7. The van der Waals surface area contributed by atoms with Gasteiger partial charge in [-0.25, -0.2) is 0 Å². The maximum Gasteiger partial charge on any atom is 0.320 e. The summed E-state index contributed by atoms with van der Waals surface area (Å²) in [5.74, 6) is -2.25. The minimum atomic E-state index is -1.04. The molecule has 0 saturated carbocycles. The molecular formula is C36H74N12O7. The van der Waals surface area contributed by atoms with Gasteiger partial charge < -0.3 is 71.8 Å². The lowest BCUT2D eigenvalue weighted by Gasteiger charge is -2.15. The highest BCUT2D eigenvalue weighted by molar-refractivity contribution is 5.83. The summed E-state index contributed by atoms with van der Waals surface area (Å²) in [5, 5.41) is 22.7. The fourth-order valence-corrected chi connectivity index (χ4v) is 5.45. The third-order valence-electron chi connectivity index (χ3n) is 9.18. The number of carbonyl (C=O) groups excluding carboxylic acids is 5. The van der Waals surface area contributed by atoms with Gasteiger partial charge in [0.15, 0.2) is 0 Å². The molecule has 0 rings (SSSR count). The Hall–Kier alpha value is -3.46. The Balaban J connectivity index is 3.85. The predicted octanol–water partition coefficient (Wildman–Crippen LogP) is -2.40. The van der Waals surface area contributed by atoms with E-state index in [9.17, 15) is 28.8 Å². The van der Waals surface area contributed by atoms with Gasteiger partial charge in [0, 0.05) is 32.7 Å². The Morgan fingerprint density at radius 3 is 0.745 bits per heavy atom. The van der Waals surface area contributed by atoms with Gasteiger partial charge in [0.25, 0.3) is 0 Å². The second kappa shape index (κ2) is 32.8. The standard InChI is InChI=1S/C36H74N12O7/c37-19-7-1-13-25(38)31(49)44-20-8-2-14-26(39)32(50)45-21-9-3-15-27(40)33(51)46-22-10-4-16-28(41)34(52)47-23-11-5-17-29(42)35(53)48-24-12-6-18-30(43)36(54)55/h25-30H,1-24,37-43H2,(H,44,49)(H,45,50)(H,46,51)(H,47,52)(H,48,53)(H,54,55)/t25-,26-,27-,28-,29-,30-/m0/s1. The van der Waals surface area contributed by atoms with Crippen molar-refractivity contribution in [1.82, 2.24) is 26.6 Å². The van der Waals surface area contributed by atoms with Crippen molar-refractivity contribution in [2.24, 2.45) is 40.1 Å². The number of amides is 5. The Bertz CT molecular complexity index is 1100. The number of carboxylic acid groups (broad SMARTS) is 1. The van der Waals surface area contributed by atoms with Crippen LogP contribution in [0.15, 0.2) is 0 Å². The van der Waals surface area contributed by atoms with Crippen molar-refractivity contribution in [2.45, 2.75) is 152 Å². The molecule has 5 amide bonds. The third-order valence-corrected chi connectivity index (χ3v) is 9.18. The van der Waals surface area contributed by atoms with Gasteiger partial charge in [0.05, 0.1) is 30.2 Å². The van der Waals surface area contributed by atoms with Crippen molar-refractivity contribution < 1.29 is 33.9 Å². The van der Waals surface area contributed by atoms with Crippen LogP contribution < -0.4 is 66.7 Å². The third kappa shape index (κ3) is 27.7. The van der Waals surface area contributed by atoms with E-state index in [1.165, 1.54) is 0 Å². The maximum absolute atomic E-state index is 12.3. The Morgan fingerprint density at radius 1 is 0.345 bits per heavy atom.